The van der Waals surface area contributed by atoms with Crippen LogP contribution in [0.25, 0.3) is 5.65 Å². The molecule has 0 N–H and O–H groups in total. The number of hydrogen-bond donors (Lipinski definition) is 0. The molecule has 3 heterocycles. The number of rotatable bonds is 5. The van der Waals surface area contributed by atoms with Crippen LogP contribution in [0.4, 0.5) is 5.69 Å². The van der Waals surface area contributed by atoms with Crippen LogP contribution < -0.4 is 5.56 Å². The topological polar surface area (TPSA) is 122 Å². The van der Waals surface area contributed by atoms with Gasteiger partial charge in [0.15, 0.2) is 0 Å². The zero-order chi connectivity index (χ0) is 19.7. The summed E-state index contributed by atoms with van der Waals surface area (Å²) in [5.74, 6) is -0.638. The van der Waals surface area contributed by atoms with E-state index in [-0.39, 0.29) is 35.8 Å². The Morgan fingerprint density at radius 1 is 1.30 bits per heavy atom. The molecule has 0 aliphatic rings. The molecule has 0 radical (unpaired) electrons. The molecule has 0 saturated heterocycles. The fraction of sp³-hybridized carbons (Fsp3) is 0.294. The van der Waals surface area contributed by atoms with E-state index in [0.717, 1.165) is 5.56 Å². The van der Waals surface area contributed by atoms with E-state index in [1.54, 1.807) is 12.3 Å². The number of carbonyl (C=O) groups excluding carboxylic acids is 1. The SMILES string of the molecule is Cc1ccc2nc(COC(=O)Cn3nc(C)c([N+](=O)[O-])c3C)cc(=O)n2c1. The average molecular weight is 371 g/mol. The maximum Gasteiger partial charge on any atom is 0.328 e. The number of hydrogen-bond acceptors (Lipinski definition) is 7. The molecule has 0 fully saturated rings. The Morgan fingerprint density at radius 2 is 2.04 bits per heavy atom. The Kier molecular flexibility index (Phi) is 4.72. The van der Waals surface area contributed by atoms with Gasteiger partial charge in [-0.2, -0.15) is 5.10 Å². The Hall–Kier alpha value is -3.56. The Morgan fingerprint density at radius 3 is 2.70 bits per heavy atom. The lowest BCUT2D eigenvalue weighted by molar-refractivity contribution is -0.386. The number of nitro groups is 1. The van der Waals surface area contributed by atoms with Gasteiger partial charge in [0.25, 0.3) is 5.56 Å². The summed E-state index contributed by atoms with van der Waals surface area (Å²) in [4.78, 5) is 39.0. The molecule has 3 aromatic rings. The van der Waals surface area contributed by atoms with Crippen LogP contribution in [0.15, 0.2) is 29.2 Å². The van der Waals surface area contributed by atoms with Crippen LogP contribution in [0.5, 0.6) is 0 Å². The first-order chi connectivity index (χ1) is 12.8. The summed E-state index contributed by atoms with van der Waals surface area (Å²) in [7, 11) is 0. The number of aromatic nitrogens is 4. The normalized spacial score (nSPS) is 10.9. The first kappa shape index (κ1) is 18.2. The van der Waals surface area contributed by atoms with Gasteiger partial charge in [-0.3, -0.25) is 28.8 Å². The lowest BCUT2D eigenvalue weighted by Crippen LogP contribution is -2.19. The minimum atomic E-state index is -0.638. The van der Waals surface area contributed by atoms with Crippen molar-refractivity contribution in [3.63, 3.8) is 0 Å². The summed E-state index contributed by atoms with van der Waals surface area (Å²) in [5.41, 5.74) is 1.79. The Balaban J connectivity index is 1.72. The summed E-state index contributed by atoms with van der Waals surface area (Å²) in [6, 6.07) is 4.83. The van der Waals surface area contributed by atoms with Crippen LogP contribution >= 0.6 is 0 Å². The van der Waals surface area contributed by atoms with E-state index in [2.05, 4.69) is 10.1 Å². The van der Waals surface area contributed by atoms with E-state index in [1.807, 2.05) is 13.0 Å². The number of fused-ring (bicyclic) bond motifs is 1. The van der Waals surface area contributed by atoms with Gasteiger partial charge in [-0.25, -0.2) is 4.98 Å². The number of nitrogens with zero attached hydrogens (tertiary/aromatic N) is 5. The molecule has 0 spiro atoms. The van der Waals surface area contributed by atoms with Gasteiger partial charge >= 0.3 is 11.7 Å². The molecule has 140 valence electrons. The number of aryl methyl sites for hydroxylation is 2. The van der Waals surface area contributed by atoms with E-state index in [1.165, 1.54) is 29.0 Å². The molecule has 0 atom stereocenters. The first-order valence-electron chi connectivity index (χ1n) is 8.09. The lowest BCUT2D eigenvalue weighted by Gasteiger charge is -2.07. The predicted octanol–water partition coefficient (Wildman–Crippen LogP) is 1.47. The average Bonchev–Trinajstić information content (AvgIpc) is 2.87. The highest BCUT2D eigenvalue weighted by atomic mass is 16.6. The van der Waals surface area contributed by atoms with Gasteiger partial charge < -0.3 is 4.74 Å². The third-order valence-electron chi connectivity index (χ3n) is 4.05. The summed E-state index contributed by atoms with van der Waals surface area (Å²) >= 11 is 0. The van der Waals surface area contributed by atoms with Crippen molar-refractivity contribution >= 4 is 17.3 Å². The zero-order valence-electron chi connectivity index (χ0n) is 15.0. The molecule has 3 aromatic heterocycles. The molecule has 0 aliphatic carbocycles. The van der Waals surface area contributed by atoms with Crippen molar-refractivity contribution in [2.45, 2.75) is 33.9 Å². The van der Waals surface area contributed by atoms with Gasteiger partial charge in [-0.1, -0.05) is 6.07 Å². The molecule has 3 rings (SSSR count). The lowest BCUT2D eigenvalue weighted by atomic mass is 10.3. The number of ether oxygens (including phenoxy) is 1. The fourth-order valence-corrected chi connectivity index (χ4v) is 2.76. The highest BCUT2D eigenvalue weighted by Crippen LogP contribution is 2.21. The van der Waals surface area contributed by atoms with Crippen LogP contribution in [0.3, 0.4) is 0 Å². The van der Waals surface area contributed by atoms with Crippen molar-refractivity contribution in [2.24, 2.45) is 0 Å². The molecule has 0 bridgehead atoms. The quantitative estimate of drug-likeness (QED) is 0.378. The second-order valence-electron chi connectivity index (χ2n) is 6.12. The highest BCUT2D eigenvalue weighted by molar-refractivity contribution is 5.69. The predicted molar refractivity (Wildman–Crippen MR) is 94.4 cm³/mol. The van der Waals surface area contributed by atoms with Gasteiger partial charge in [0.05, 0.1) is 10.6 Å². The van der Waals surface area contributed by atoms with Gasteiger partial charge in [0.2, 0.25) is 0 Å². The fourth-order valence-electron chi connectivity index (χ4n) is 2.76. The van der Waals surface area contributed by atoms with Crippen molar-refractivity contribution in [1.82, 2.24) is 19.2 Å². The number of pyridine rings is 1. The molecular formula is C17H17N5O5. The van der Waals surface area contributed by atoms with Crippen molar-refractivity contribution in [1.29, 1.82) is 0 Å². The largest absolute Gasteiger partial charge is 0.458 e. The number of carbonyl (C=O) groups is 1. The van der Waals surface area contributed by atoms with E-state index in [4.69, 9.17) is 4.74 Å². The van der Waals surface area contributed by atoms with Crippen LogP contribution in [-0.2, 0) is 22.7 Å². The maximum absolute atomic E-state index is 12.1. The van der Waals surface area contributed by atoms with Gasteiger partial charge in [0.1, 0.15) is 30.2 Å². The van der Waals surface area contributed by atoms with Gasteiger partial charge in [0, 0.05) is 12.3 Å². The maximum atomic E-state index is 12.1. The summed E-state index contributed by atoms with van der Waals surface area (Å²) in [6.45, 7) is 4.43. The monoisotopic (exact) mass is 371 g/mol. The molecule has 10 heteroatoms. The third kappa shape index (κ3) is 3.68. The molecule has 0 aliphatic heterocycles. The highest BCUT2D eigenvalue weighted by Gasteiger charge is 2.23. The smallest absolute Gasteiger partial charge is 0.328 e. The molecule has 27 heavy (non-hydrogen) atoms. The minimum Gasteiger partial charge on any atom is -0.458 e. The van der Waals surface area contributed by atoms with Crippen LogP contribution in [-0.4, -0.2) is 30.1 Å². The summed E-state index contributed by atoms with van der Waals surface area (Å²) in [5, 5.41) is 15.0. The molecule has 0 aromatic carbocycles. The Labute approximate surface area is 153 Å². The third-order valence-corrected chi connectivity index (χ3v) is 4.05. The van der Waals surface area contributed by atoms with Gasteiger partial charge in [-0.05, 0) is 32.4 Å². The summed E-state index contributed by atoms with van der Waals surface area (Å²) in [6.07, 6.45) is 1.68. The van der Waals surface area contributed by atoms with Gasteiger partial charge in [-0.15, -0.1) is 0 Å². The van der Waals surface area contributed by atoms with Crippen LogP contribution in [0, 0.1) is 30.9 Å². The molecule has 10 nitrogen and oxygen atoms in total. The van der Waals surface area contributed by atoms with E-state index in [0.29, 0.717) is 11.3 Å². The second kappa shape index (κ2) is 6.98. The molecule has 0 saturated carbocycles. The minimum absolute atomic E-state index is 0.123. The van der Waals surface area contributed by atoms with Crippen molar-refractivity contribution < 1.29 is 14.5 Å². The van der Waals surface area contributed by atoms with E-state index >= 15 is 0 Å². The molecule has 0 amide bonds. The van der Waals surface area contributed by atoms with Crippen molar-refractivity contribution in [3.8, 4) is 0 Å². The molecule has 0 unspecified atom stereocenters. The van der Waals surface area contributed by atoms with Crippen LogP contribution in [0.2, 0.25) is 0 Å². The van der Waals surface area contributed by atoms with E-state index in [9.17, 15) is 19.7 Å². The number of esters is 1. The Bertz CT molecular complexity index is 1110. The second-order valence-corrected chi connectivity index (χ2v) is 6.12. The first-order valence-corrected chi connectivity index (χ1v) is 8.09. The van der Waals surface area contributed by atoms with Crippen LogP contribution in [0.1, 0.15) is 22.6 Å². The van der Waals surface area contributed by atoms with E-state index < -0.39 is 10.9 Å². The standard InChI is InChI=1S/C17H17N5O5/c1-10-4-5-14-18-13(6-15(23)20(14)7-10)9-27-16(24)8-21-12(3)17(22(25)26)11(2)19-21/h4-7H,8-9H2,1-3H3. The van der Waals surface area contributed by atoms with Crippen molar-refractivity contribution in [2.75, 3.05) is 0 Å². The van der Waals surface area contributed by atoms with Crippen molar-refractivity contribution in [3.05, 3.63) is 67.5 Å². The zero-order valence-corrected chi connectivity index (χ0v) is 15.0. The summed E-state index contributed by atoms with van der Waals surface area (Å²) < 4.78 is 7.78. The molecular weight excluding hydrogens is 354 g/mol.